The Balaban J connectivity index is 0.000000165. The molecule has 0 aliphatic carbocycles. The Bertz CT molecular complexity index is 1160. The standard InChI is InChI=1S/C18H15P.C12H11Br/c1-4-10-16(11-5-1)19(17-12-6-2-7-13-17)18-14-8-3-9-15-18;1-9-2-4-12-7-10(8-13)3-5-11(12)6-9/h1-15H;2-7H,8H2,1H3. The van der Waals surface area contributed by atoms with Crippen molar-refractivity contribution in [1.29, 1.82) is 0 Å². The van der Waals surface area contributed by atoms with Gasteiger partial charge in [0.05, 0.1) is 0 Å². The first-order valence-corrected chi connectivity index (χ1v) is 13.2. The van der Waals surface area contributed by atoms with Crippen LogP contribution in [-0.2, 0) is 5.33 Å². The molecule has 158 valence electrons. The van der Waals surface area contributed by atoms with Gasteiger partial charge in [0, 0.05) is 5.33 Å². The molecule has 5 aromatic rings. The minimum absolute atomic E-state index is 0.446. The van der Waals surface area contributed by atoms with Gasteiger partial charge < -0.3 is 0 Å². The minimum Gasteiger partial charge on any atom is -0.0876 e. The minimum atomic E-state index is -0.446. The van der Waals surface area contributed by atoms with Crippen LogP contribution in [0.5, 0.6) is 0 Å². The molecule has 32 heavy (non-hydrogen) atoms. The predicted molar refractivity (Wildman–Crippen MR) is 146 cm³/mol. The van der Waals surface area contributed by atoms with Crippen molar-refractivity contribution in [1.82, 2.24) is 0 Å². The molecule has 0 radical (unpaired) electrons. The van der Waals surface area contributed by atoms with Crippen molar-refractivity contribution in [3.8, 4) is 0 Å². The van der Waals surface area contributed by atoms with Gasteiger partial charge in [-0.25, -0.2) is 0 Å². The van der Waals surface area contributed by atoms with Crippen LogP contribution in [0.25, 0.3) is 10.8 Å². The van der Waals surface area contributed by atoms with E-state index in [4.69, 9.17) is 0 Å². The van der Waals surface area contributed by atoms with Gasteiger partial charge >= 0.3 is 0 Å². The van der Waals surface area contributed by atoms with E-state index in [1.165, 1.54) is 37.8 Å². The maximum Gasteiger partial charge on any atom is 0.0283 e. The normalized spacial score (nSPS) is 10.6. The van der Waals surface area contributed by atoms with Crippen LogP contribution in [0.4, 0.5) is 0 Å². The van der Waals surface area contributed by atoms with E-state index in [1.54, 1.807) is 0 Å². The molecule has 0 nitrogen and oxygen atoms in total. The zero-order valence-electron chi connectivity index (χ0n) is 18.2. The highest BCUT2D eigenvalue weighted by Crippen LogP contribution is 2.32. The summed E-state index contributed by atoms with van der Waals surface area (Å²) in [4.78, 5) is 0. The van der Waals surface area contributed by atoms with Gasteiger partial charge in [-0.1, -0.05) is 149 Å². The number of hydrogen-bond donors (Lipinski definition) is 0. The number of rotatable bonds is 4. The van der Waals surface area contributed by atoms with Crippen molar-refractivity contribution in [3.05, 3.63) is 139 Å². The maximum atomic E-state index is 3.46. The molecule has 0 spiro atoms. The van der Waals surface area contributed by atoms with Crippen molar-refractivity contribution in [2.45, 2.75) is 12.3 Å². The van der Waals surface area contributed by atoms with E-state index in [-0.39, 0.29) is 0 Å². The zero-order chi connectivity index (χ0) is 22.2. The summed E-state index contributed by atoms with van der Waals surface area (Å²) >= 11 is 3.46. The molecular formula is C30H26BrP. The smallest absolute Gasteiger partial charge is 0.0283 e. The molecule has 0 amide bonds. The zero-order valence-corrected chi connectivity index (χ0v) is 20.6. The van der Waals surface area contributed by atoms with Crippen molar-refractivity contribution in [3.63, 3.8) is 0 Å². The molecule has 5 aromatic carbocycles. The highest BCUT2D eigenvalue weighted by atomic mass is 79.9. The Hall–Kier alpha value is -2.73. The van der Waals surface area contributed by atoms with Crippen LogP contribution in [0.2, 0.25) is 0 Å². The van der Waals surface area contributed by atoms with E-state index >= 15 is 0 Å². The van der Waals surface area contributed by atoms with Crippen LogP contribution >= 0.6 is 23.9 Å². The van der Waals surface area contributed by atoms with Crippen molar-refractivity contribution < 1.29 is 0 Å². The molecule has 0 aliphatic heterocycles. The van der Waals surface area contributed by atoms with Crippen molar-refractivity contribution in [2.75, 3.05) is 0 Å². The third kappa shape index (κ3) is 5.74. The lowest BCUT2D eigenvalue weighted by Gasteiger charge is -2.18. The summed E-state index contributed by atoms with van der Waals surface area (Å²) in [5.41, 5.74) is 2.65. The van der Waals surface area contributed by atoms with Gasteiger partial charge in [0.25, 0.3) is 0 Å². The topological polar surface area (TPSA) is 0 Å². The van der Waals surface area contributed by atoms with Crippen LogP contribution in [-0.4, -0.2) is 0 Å². The fourth-order valence-corrected chi connectivity index (χ4v) is 6.33. The summed E-state index contributed by atoms with van der Waals surface area (Å²) in [6.07, 6.45) is 0. The Morgan fingerprint density at radius 2 is 0.969 bits per heavy atom. The lowest BCUT2D eigenvalue weighted by Crippen LogP contribution is -2.20. The second-order valence-corrected chi connectivity index (χ2v) is 10.4. The first kappa shape index (κ1) is 22.5. The molecule has 0 unspecified atom stereocenters. The van der Waals surface area contributed by atoms with Gasteiger partial charge in [-0.05, 0) is 47.1 Å². The Morgan fingerprint density at radius 3 is 1.44 bits per heavy atom. The van der Waals surface area contributed by atoms with E-state index in [0.717, 1.165) is 5.33 Å². The van der Waals surface area contributed by atoms with Gasteiger partial charge in [-0.2, -0.15) is 0 Å². The van der Waals surface area contributed by atoms with E-state index in [9.17, 15) is 0 Å². The molecule has 0 saturated carbocycles. The van der Waals surface area contributed by atoms with Crippen molar-refractivity contribution in [2.24, 2.45) is 0 Å². The summed E-state index contributed by atoms with van der Waals surface area (Å²) in [6.45, 7) is 2.12. The number of fused-ring (bicyclic) bond motifs is 1. The van der Waals surface area contributed by atoms with Gasteiger partial charge in [0.15, 0.2) is 0 Å². The van der Waals surface area contributed by atoms with Crippen LogP contribution < -0.4 is 15.9 Å². The van der Waals surface area contributed by atoms with Gasteiger partial charge in [-0.15, -0.1) is 0 Å². The molecule has 0 aliphatic rings. The number of alkyl halides is 1. The summed E-state index contributed by atoms with van der Waals surface area (Å²) in [7, 11) is -0.446. The molecular weight excluding hydrogens is 471 g/mol. The second kappa shape index (κ2) is 11.2. The summed E-state index contributed by atoms with van der Waals surface area (Å²) in [5, 5.41) is 7.77. The number of benzene rings is 5. The van der Waals surface area contributed by atoms with E-state index in [2.05, 4.69) is 150 Å². The Labute approximate surface area is 200 Å². The molecule has 0 N–H and O–H groups in total. The average molecular weight is 497 g/mol. The molecule has 2 heteroatoms. The molecule has 5 rings (SSSR count). The third-order valence-electron chi connectivity index (χ3n) is 5.26. The number of aryl methyl sites for hydroxylation is 1. The quantitative estimate of drug-likeness (QED) is 0.178. The van der Waals surface area contributed by atoms with Crippen LogP contribution in [0.15, 0.2) is 127 Å². The van der Waals surface area contributed by atoms with Crippen LogP contribution in [0.3, 0.4) is 0 Å². The summed E-state index contributed by atoms with van der Waals surface area (Å²) in [5.74, 6) is 0. The predicted octanol–water partition coefficient (Wildman–Crippen LogP) is 7.49. The fraction of sp³-hybridized carbons (Fsp3) is 0.0667. The molecule has 0 heterocycles. The molecule has 0 fully saturated rings. The summed E-state index contributed by atoms with van der Waals surface area (Å²) < 4.78 is 0. The summed E-state index contributed by atoms with van der Waals surface area (Å²) in [6, 6.07) is 45.4. The average Bonchev–Trinajstić information content (AvgIpc) is 2.86. The van der Waals surface area contributed by atoms with E-state index in [0.29, 0.717) is 0 Å². The second-order valence-electron chi connectivity index (χ2n) is 7.66. The monoisotopic (exact) mass is 496 g/mol. The first-order valence-electron chi connectivity index (χ1n) is 10.7. The van der Waals surface area contributed by atoms with Crippen molar-refractivity contribution >= 4 is 50.5 Å². The van der Waals surface area contributed by atoms with Crippen LogP contribution in [0, 0.1) is 6.92 Å². The highest BCUT2D eigenvalue weighted by Gasteiger charge is 2.14. The molecule has 0 atom stereocenters. The number of hydrogen-bond acceptors (Lipinski definition) is 0. The highest BCUT2D eigenvalue weighted by molar-refractivity contribution is 9.08. The third-order valence-corrected chi connectivity index (χ3v) is 8.35. The molecule has 0 aromatic heterocycles. The maximum absolute atomic E-state index is 3.46. The Kier molecular flexibility index (Phi) is 7.88. The molecule has 0 saturated heterocycles. The largest absolute Gasteiger partial charge is 0.0876 e. The van der Waals surface area contributed by atoms with E-state index in [1.807, 2.05) is 0 Å². The van der Waals surface area contributed by atoms with Gasteiger partial charge in [0.1, 0.15) is 0 Å². The van der Waals surface area contributed by atoms with Crippen LogP contribution in [0.1, 0.15) is 11.1 Å². The number of halogens is 1. The van der Waals surface area contributed by atoms with Gasteiger partial charge in [-0.3, -0.25) is 0 Å². The molecule has 0 bridgehead atoms. The van der Waals surface area contributed by atoms with Gasteiger partial charge in [0.2, 0.25) is 0 Å². The lowest BCUT2D eigenvalue weighted by atomic mass is 10.1. The lowest BCUT2D eigenvalue weighted by molar-refractivity contribution is 1.45. The SMILES string of the molecule is Cc1ccc2cc(CBr)ccc2c1.c1ccc(P(c2ccccc2)c2ccccc2)cc1. The first-order chi connectivity index (χ1) is 15.7. The fourth-order valence-electron chi connectivity index (χ4n) is 3.68. The van der Waals surface area contributed by atoms with E-state index < -0.39 is 7.92 Å². The Morgan fingerprint density at radius 1 is 0.531 bits per heavy atom.